The molecule has 80 valence electrons. The largest absolute Gasteiger partial charge is 0.323 e. The van der Waals surface area contributed by atoms with E-state index in [1.54, 1.807) is 12.4 Å². The molecule has 0 aliphatic heterocycles. The van der Waals surface area contributed by atoms with Crippen molar-refractivity contribution in [3.8, 4) is 0 Å². The minimum Gasteiger partial charge on any atom is -0.323 e. The lowest BCUT2D eigenvalue weighted by Crippen LogP contribution is -2.08. The summed E-state index contributed by atoms with van der Waals surface area (Å²) >= 11 is 0. The maximum Gasteiger partial charge on any atom is 0.0716 e. The second-order valence-electron chi connectivity index (χ2n) is 3.47. The Kier molecular flexibility index (Phi) is 3.28. The Morgan fingerprint density at radius 1 is 1.06 bits per heavy atom. The zero-order valence-electron chi connectivity index (χ0n) is 8.88. The lowest BCUT2D eigenvalue weighted by molar-refractivity contribution is 1.18. The first-order valence-electron chi connectivity index (χ1n) is 5.11. The van der Waals surface area contributed by atoms with Crippen LogP contribution in [0.2, 0.25) is 0 Å². The molecule has 0 aliphatic rings. The van der Waals surface area contributed by atoms with Crippen LogP contribution in [0.3, 0.4) is 0 Å². The summed E-state index contributed by atoms with van der Waals surface area (Å²) in [7, 11) is 0. The van der Waals surface area contributed by atoms with E-state index in [4.69, 9.17) is 5.84 Å². The van der Waals surface area contributed by atoms with Gasteiger partial charge in [-0.25, -0.2) is 0 Å². The van der Waals surface area contributed by atoms with Crippen LogP contribution in [0.25, 0.3) is 0 Å². The fourth-order valence-electron chi connectivity index (χ4n) is 1.55. The van der Waals surface area contributed by atoms with Gasteiger partial charge in [0.2, 0.25) is 0 Å². The van der Waals surface area contributed by atoms with E-state index in [9.17, 15) is 0 Å². The second kappa shape index (κ2) is 5.07. The monoisotopic (exact) mass is 211 g/mol. The van der Waals surface area contributed by atoms with Gasteiger partial charge in [0.15, 0.2) is 0 Å². The van der Waals surface area contributed by atoms with Gasteiger partial charge in [-0.3, -0.25) is 4.98 Å². The Balaban J connectivity index is 2.20. The predicted molar refractivity (Wildman–Crippen MR) is 65.1 cm³/mol. The summed E-state index contributed by atoms with van der Waals surface area (Å²) in [5.41, 5.74) is 3.09. The average Bonchev–Trinajstić information content (AvgIpc) is 2.38. The molecule has 1 aromatic heterocycles. The zero-order chi connectivity index (χ0) is 11.2. The molecule has 1 heterocycles. The molecule has 1 aromatic carbocycles. The van der Waals surface area contributed by atoms with Crippen LogP contribution in [0.1, 0.15) is 11.1 Å². The molecule has 0 amide bonds. The summed E-state index contributed by atoms with van der Waals surface area (Å²) in [6.07, 6.45) is 4.27. The van der Waals surface area contributed by atoms with Crippen molar-refractivity contribution in [2.75, 3.05) is 0 Å². The number of aromatic nitrogens is 1. The normalized spacial score (nSPS) is 11.4. The highest BCUT2D eigenvalue weighted by atomic mass is 15.1. The number of hydrogen-bond acceptors (Lipinski definition) is 3. The van der Waals surface area contributed by atoms with Crippen molar-refractivity contribution in [1.29, 1.82) is 0 Å². The highest BCUT2D eigenvalue weighted by Crippen LogP contribution is 2.07. The summed E-state index contributed by atoms with van der Waals surface area (Å²) in [4.78, 5) is 3.98. The summed E-state index contributed by atoms with van der Waals surface area (Å²) in [6.45, 7) is 0. The van der Waals surface area contributed by atoms with Crippen molar-refractivity contribution in [2.24, 2.45) is 10.9 Å². The molecule has 0 saturated carbocycles. The van der Waals surface area contributed by atoms with E-state index in [1.165, 1.54) is 0 Å². The van der Waals surface area contributed by atoms with Gasteiger partial charge in [0.1, 0.15) is 0 Å². The predicted octanol–water partition coefficient (Wildman–Crippen LogP) is 1.99. The van der Waals surface area contributed by atoms with E-state index in [2.05, 4.69) is 10.1 Å². The third-order valence-corrected chi connectivity index (χ3v) is 2.38. The van der Waals surface area contributed by atoms with Crippen LogP contribution in [0.5, 0.6) is 0 Å². The first kappa shape index (κ1) is 10.4. The molecular formula is C13H13N3. The molecule has 2 aromatic rings. The molecular weight excluding hydrogens is 198 g/mol. The van der Waals surface area contributed by atoms with Crippen molar-refractivity contribution in [3.05, 3.63) is 66.0 Å². The minimum atomic E-state index is 0.725. The van der Waals surface area contributed by atoms with Gasteiger partial charge in [0.05, 0.1) is 5.71 Å². The van der Waals surface area contributed by atoms with Gasteiger partial charge < -0.3 is 5.84 Å². The molecule has 0 fully saturated rings. The molecule has 0 bridgehead atoms. The first-order valence-corrected chi connectivity index (χ1v) is 5.11. The van der Waals surface area contributed by atoms with Crippen LogP contribution >= 0.6 is 0 Å². The molecule has 0 atom stereocenters. The van der Waals surface area contributed by atoms with Crippen molar-refractivity contribution in [2.45, 2.75) is 6.42 Å². The van der Waals surface area contributed by atoms with Crippen LogP contribution < -0.4 is 5.84 Å². The summed E-state index contributed by atoms with van der Waals surface area (Å²) in [5, 5.41) is 3.85. The van der Waals surface area contributed by atoms with Crippen LogP contribution in [0.15, 0.2) is 60.0 Å². The minimum absolute atomic E-state index is 0.725. The third-order valence-electron chi connectivity index (χ3n) is 2.38. The Morgan fingerprint density at radius 2 is 1.75 bits per heavy atom. The van der Waals surface area contributed by atoms with E-state index in [0.29, 0.717) is 0 Å². The van der Waals surface area contributed by atoms with E-state index in [-0.39, 0.29) is 0 Å². The van der Waals surface area contributed by atoms with Crippen LogP contribution in [0, 0.1) is 0 Å². The SMILES string of the molecule is NN=C(Cc1ccncc1)c1ccccc1. The first-order chi connectivity index (χ1) is 7.90. The maximum atomic E-state index is 5.42. The Morgan fingerprint density at radius 3 is 2.38 bits per heavy atom. The molecule has 3 nitrogen and oxygen atoms in total. The highest BCUT2D eigenvalue weighted by molar-refractivity contribution is 6.01. The second-order valence-corrected chi connectivity index (χ2v) is 3.47. The Bertz CT molecular complexity index is 463. The number of rotatable bonds is 3. The van der Waals surface area contributed by atoms with Gasteiger partial charge in [0.25, 0.3) is 0 Å². The lowest BCUT2D eigenvalue weighted by Gasteiger charge is -2.04. The number of pyridine rings is 1. The molecule has 0 unspecified atom stereocenters. The van der Waals surface area contributed by atoms with Gasteiger partial charge >= 0.3 is 0 Å². The summed E-state index contributed by atoms with van der Waals surface area (Å²) in [6, 6.07) is 13.9. The number of nitrogens with two attached hydrogens (primary N) is 1. The van der Waals surface area contributed by atoms with Gasteiger partial charge in [-0.15, -0.1) is 0 Å². The molecule has 2 rings (SSSR count). The lowest BCUT2D eigenvalue weighted by atomic mass is 10.0. The van der Waals surface area contributed by atoms with Gasteiger partial charge in [-0.2, -0.15) is 5.10 Å². The fraction of sp³-hybridized carbons (Fsp3) is 0.0769. The molecule has 0 spiro atoms. The van der Waals surface area contributed by atoms with Crippen LogP contribution in [0.4, 0.5) is 0 Å². The smallest absolute Gasteiger partial charge is 0.0716 e. The maximum absolute atomic E-state index is 5.42. The van der Waals surface area contributed by atoms with E-state index >= 15 is 0 Å². The zero-order valence-corrected chi connectivity index (χ0v) is 8.88. The van der Waals surface area contributed by atoms with Gasteiger partial charge in [0, 0.05) is 18.8 Å². The Labute approximate surface area is 94.6 Å². The van der Waals surface area contributed by atoms with Gasteiger partial charge in [-0.05, 0) is 23.3 Å². The van der Waals surface area contributed by atoms with Crippen molar-refractivity contribution >= 4 is 5.71 Å². The standard InChI is InChI=1S/C13H13N3/c14-16-13(12-4-2-1-3-5-12)10-11-6-8-15-9-7-11/h1-9H,10,14H2. The average molecular weight is 211 g/mol. The van der Waals surface area contributed by atoms with E-state index < -0.39 is 0 Å². The van der Waals surface area contributed by atoms with Crippen LogP contribution in [-0.4, -0.2) is 10.7 Å². The Hall–Kier alpha value is -2.16. The number of benzene rings is 1. The van der Waals surface area contributed by atoms with E-state index in [1.807, 2.05) is 42.5 Å². The molecule has 2 N–H and O–H groups in total. The van der Waals surface area contributed by atoms with Crippen LogP contribution in [-0.2, 0) is 6.42 Å². The van der Waals surface area contributed by atoms with Gasteiger partial charge in [-0.1, -0.05) is 30.3 Å². The fourth-order valence-corrected chi connectivity index (χ4v) is 1.55. The van der Waals surface area contributed by atoms with Crippen molar-refractivity contribution in [3.63, 3.8) is 0 Å². The molecule has 0 radical (unpaired) electrons. The molecule has 0 saturated heterocycles. The molecule has 16 heavy (non-hydrogen) atoms. The summed E-state index contributed by atoms with van der Waals surface area (Å²) < 4.78 is 0. The van der Waals surface area contributed by atoms with Crippen molar-refractivity contribution < 1.29 is 0 Å². The topological polar surface area (TPSA) is 51.3 Å². The van der Waals surface area contributed by atoms with Crippen molar-refractivity contribution in [1.82, 2.24) is 4.98 Å². The molecule has 0 aliphatic carbocycles. The quantitative estimate of drug-likeness (QED) is 0.479. The van der Waals surface area contributed by atoms with E-state index in [0.717, 1.165) is 23.3 Å². The summed E-state index contributed by atoms with van der Waals surface area (Å²) in [5.74, 6) is 5.42. The number of hydrazone groups is 1. The highest BCUT2D eigenvalue weighted by Gasteiger charge is 2.03. The third kappa shape index (κ3) is 2.45. The number of nitrogens with zero attached hydrogens (tertiary/aromatic N) is 2. The number of hydrogen-bond donors (Lipinski definition) is 1. The molecule has 3 heteroatoms.